The van der Waals surface area contributed by atoms with Gasteiger partial charge in [0.05, 0.1) is 11.1 Å². The van der Waals surface area contributed by atoms with Gasteiger partial charge in [-0.25, -0.2) is 0 Å². The summed E-state index contributed by atoms with van der Waals surface area (Å²) in [7, 11) is 0. The van der Waals surface area contributed by atoms with E-state index in [2.05, 4.69) is 23.3 Å². The van der Waals surface area contributed by atoms with Crippen molar-refractivity contribution in [2.45, 2.75) is 18.6 Å². The molecule has 1 heterocycles. The molecule has 1 aliphatic heterocycles. The van der Waals surface area contributed by atoms with Crippen LogP contribution in [0.15, 0.2) is 42.5 Å². The summed E-state index contributed by atoms with van der Waals surface area (Å²) in [5.74, 6) is -0.724. The number of alkyl halides is 3. The highest BCUT2D eigenvalue weighted by atomic mass is 32.1. The minimum Gasteiger partial charge on any atom is -0.356 e. The molecule has 2 aromatic rings. The molecule has 0 bridgehead atoms. The van der Waals surface area contributed by atoms with E-state index in [1.807, 2.05) is 0 Å². The second kappa shape index (κ2) is 6.56. The first kappa shape index (κ1) is 18.1. The van der Waals surface area contributed by atoms with Crippen LogP contribution >= 0.6 is 12.6 Å². The number of fused-ring (bicyclic) bond motifs is 1. The lowest BCUT2D eigenvalue weighted by Crippen LogP contribution is -2.46. The fraction of sp³-hybridized carbons (Fsp3) is 0.176. The Morgan fingerprint density at radius 2 is 1.85 bits per heavy atom. The number of amides is 2. The molecular formula is C17H14F3N3O2S. The number of carbonyl (C=O) groups excluding carboxylic acids is 2. The first-order valence-electron chi connectivity index (χ1n) is 7.54. The summed E-state index contributed by atoms with van der Waals surface area (Å²) in [4.78, 5) is 25.3. The van der Waals surface area contributed by atoms with Crippen LogP contribution in [0.4, 0.5) is 30.2 Å². The molecule has 0 saturated carbocycles. The third-order valence-corrected chi connectivity index (χ3v) is 4.15. The van der Waals surface area contributed by atoms with Crippen molar-refractivity contribution in [2.75, 3.05) is 15.5 Å². The van der Waals surface area contributed by atoms with Gasteiger partial charge in [0.1, 0.15) is 0 Å². The molecule has 1 atom stereocenters. The topological polar surface area (TPSA) is 61.4 Å². The van der Waals surface area contributed by atoms with Crippen molar-refractivity contribution >= 4 is 41.5 Å². The number of rotatable bonds is 2. The summed E-state index contributed by atoms with van der Waals surface area (Å²) in [5.41, 5.74) is -0.0442. The van der Waals surface area contributed by atoms with Crippen LogP contribution in [0.25, 0.3) is 0 Å². The number of anilines is 3. The van der Waals surface area contributed by atoms with Gasteiger partial charge in [0.2, 0.25) is 5.91 Å². The SMILES string of the molecule is CC(=O)Nc1ccc2c(c1)C(=O)N(c1ccc(C(F)(F)F)cc1)C(S)N2. The average molecular weight is 381 g/mol. The molecule has 0 spiro atoms. The molecule has 136 valence electrons. The normalized spacial score (nSPS) is 16.7. The van der Waals surface area contributed by atoms with Crippen molar-refractivity contribution in [3.63, 3.8) is 0 Å². The van der Waals surface area contributed by atoms with Crippen molar-refractivity contribution < 1.29 is 22.8 Å². The van der Waals surface area contributed by atoms with Crippen molar-refractivity contribution in [2.24, 2.45) is 0 Å². The fourth-order valence-electron chi connectivity index (χ4n) is 2.64. The zero-order chi connectivity index (χ0) is 19.1. The number of benzene rings is 2. The predicted octanol–water partition coefficient (Wildman–Crippen LogP) is 3.95. The summed E-state index contributed by atoms with van der Waals surface area (Å²) in [6, 6.07) is 9.02. The van der Waals surface area contributed by atoms with E-state index < -0.39 is 23.1 Å². The average Bonchev–Trinajstić information content (AvgIpc) is 2.55. The van der Waals surface area contributed by atoms with E-state index in [9.17, 15) is 22.8 Å². The zero-order valence-electron chi connectivity index (χ0n) is 13.5. The van der Waals surface area contributed by atoms with Crippen LogP contribution in [0.3, 0.4) is 0 Å². The molecule has 0 saturated heterocycles. The maximum atomic E-state index is 12.8. The van der Waals surface area contributed by atoms with Gasteiger partial charge in [0.25, 0.3) is 5.91 Å². The monoisotopic (exact) mass is 381 g/mol. The Morgan fingerprint density at radius 3 is 2.42 bits per heavy atom. The van der Waals surface area contributed by atoms with E-state index in [1.54, 1.807) is 12.1 Å². The van der Waals surface area contributed by atoms with Crippen molar-refractivity contribution in [3.8, 4) is 0 Å². The Kier molecular flexibility index (Phi) is 4.57. The molecule has 0 aliphatic carbocycles. The van der Waals surface area contributed by atoms with Crippen LogP contribution in [0.2, 0.25) is 0 Å². The molecule has 2 aromatic carbocycles. The van der Waals surface area contributed by atoms with Crippen LogP contribution in [0.5, 0.6) is 0 Å². The standard InChI is InChI=1S/C17H14F3N3O2S/c1-9(24)21-11-4-7-14-13(8-11)15(25)23(16(26)22-14)12-5-2-10(3-6-12)17(18,19)20/h2-8,16,22,26H,1H3,(H,21,24). The highest BCUT2D eigenvalue weighted by Gasteiger charge is 2.33. The molecule has 2 N–H and O–H groups in total. The quantitative estimate of drug-likeness (QED) is 0.691. The third kappa shape index (κ3) is 3.48. The third-order valence-electron chi connectivity index (χ3n) is 3.79. The van der Waals surface area contributed by atoms with Crippen LogP contribution in [-0.4, -0.2) is 17.3 Å². The van der Waals surface area contributed by atoms with E-state index in [0.29, 0.717) is 11.4 Å². The minimum absolute atomic E-state index is 0.270. The number of nitrogens with zero attached hydrogens (tertiary/aromatic N) is 1. The van der Waals surface area contributed by atoms with Crippen LogP contribution in [0, 0.1) is 0 Å². The van der Waals surface area contributed by atoms with E-state index >= 15 is 0 Å². The van der Waals surface area contributed by atoms with Gasteiger partial charge in [-0.15, -0.1) is 12.6 Å². The minimum atomic E-state index is -4.46. The summed E-state index contributed by atoms with van der Waals surface area (Å²) in [6.45, 7) is 1.35. The van der Waals surface area contributed by atoms with Gasteiger partial charge in [-0.1, -0.05) is 0 Å². The molecule has 26 heavy (non-hydrogen) atoms. The number of nitrogens with one attached hydrogen (secondary N) is 2. The highest BCUT2D eigenvalue weighted by molar-refractivity contribution is 7.81. The van der Waals surface area contributed by atoms with Crippen molar-refractivity contribution in [3.05, 3.63) is 53.6 Å². The first-order chi connectivity index (χ1) is 12.2. The van der Waals surface area contributed by atoms with E-state index in [-0.39, 0.29) is 17.2 Å². The summed E-state index contributed by atoms with van der Waals surface area (Å²) < 4.78 is 38.2. The molecule has 1 aliphatic rings. The maximum Gasteiger partial charge on any atom is 0.416 e. The Labute approximate surface area is 152 Å². The summed E-state index contributed by atoms with van der Waals surface area (Å²) >= 11 is 4.32. The Balaban J connectivity index is 1.95. The molecule has 5 nitrogen and oxygen atoms in total. The van der Waals surface area contributed by atoms with Crippen molar-refractivity contribution in [1.82, 2.24) is 0 Å². The Morgan fingerprint density at radius 1 is 1.19 bits per heavy atom. The van der Waals surface area contributed by atoms with Gasteiger partial charge in [0, 0.05) is 24.0 Å². The van der Waals surface area contributed by atoms with Crippen molar-refractivity contribution in [1.29, 1.82) is 0 Å². The van der Waals surface area contributed by atoms with Gasteiger partial charge < -0.3 is 10.6 Å². The van der Waals surface area contributed by atoms with E-state index in [4.69, 9.17) is 0 Å². The van der Waals surface area contributed by atoms with Crippen LogP contribution < -0.4 is 15.5 Å². The van der Waals surface area contributed by atoms with Gasteiger partial charge in [-0.05, 0) is 42.5 Å². The number of hydrogen-bond acceptors (Lipinski definition) is 4. The van der Waals surface area contributed by atoms with Gasteiger partial charge >= 0.3 is 6.18 Å². The summed E-state index contributed by atoms with van der Waals surface area (Å²) in [6.07, 6.45) is -4.46. The summed E-state index contributed by atoms with van der Waals surface area (Å²) in [5, 5.41) is 5.58. The van der Waals surface area contributed by atoms with E-state index in [0.717, 1.165) is 12.1 Å². The number of halogens is 3. The lowest BCUT2D eigenvalue weighted by molar-refractivity contribution is -0.137. The molecule has 3 rings (SSSR count). The lowest BCUT2D eigenvalue weighted by atomic mass is 10.1. The predicted molar refractivity (Wildman–Crippen MR) is 95.4 cm³/mol. The van der Waals surface area contributed by atoms with Gasteiger partial charge in [-0.3, -0.25) is 14.5 Å². The molecule has 0 radical (unpaired) electrons. The first-order valence-corrected chi connectivity index (χ1v) is 8.05. The number of thiol groups is 1. The smallest absolute Gasteiger partial charge is 0.356 e. The zero-order valence-corrected chi connectivity index (χ0v) is 14.4. The van der Waals surface area contributed by atoms with Gasteiger partial charge in [-0.2, -0.15) is 13.2 Å². The molecule has 2 amide bonds. The molecule has 0 aromatic heterocycles. The maximum absolute atomic E-state index is 12.8. The number of carbonyl (C=O) groups is 2. The Hall–Kier alpha value is -2.68. The Bertz CT molecular complexity index is 869. The fourth-order valence-corrected chi connectivity index (χ4v) is 3.02. The highest BCUT2D eigenvalue weighted by Crippen LogP contribution is 2.35. The second-order valence-electron chi connectivity index (χ2n) is 5.68. The molecule has 1 unspecified atom stereocenters. The van der Waals surface area contributed by atoms with Crippen LogP contribution in [-0.2, 0) is 11.0 Å². The molecule has 0 fully saturated rings. The van der Waals surface area contributed by atoms with Crippen LogP contribution in [0.1, 0.15) is 22.8 Å². The largest absolute Gasteiger partial charge is 0.416 e. The molecule has 9 heteroatoms. The second-order valence-corrected chi connectivity index (χ2v) is 6.17. The number of hydrogen-bond donors (Lipinski definition) is 3. The molecular weight excluding hydrogens is 367 g/mol. The van der Waals surface area contributed by atoms with E-state index in [1.165, 1.54) is 30.0 Å². The van der Waals surface area contributed by atoms with Gasteiger partial charge in [0.15, 0.2) is 5.50 Å². The lowest BCUT2D eigenvalue weighted by Gasteiger charge is -2.35.